The number of nitrogens with zero attached hydrogens (tertiary/aromatic N) is 1. The Morgan fingerprint density at radius 2 is 2.04 bits per heavy atom. The molecular formula is C18H19N3OS. The van der Waals surface area contributed by atoms with Crippen molar-refractivity contribution >= 4 is 22.4 Å². The maximum Gasteiger partial charge on any atom is 0.320 e. The predicted molar refractivity (Wildman–Crippen MR) is 94.5 cm³/mol. The summed E-state index contributed by atoms with van der Waals surface area (Å²) in [5, 5.41) is 8.26. The van der Waals surface area contributed by atoms with Gasteiger partial charge in [0.1, 0.15) is 0 Å². The minimum Gasteiger partial charge on any atom is -0.327 e. The number of nitrogens with one attached hydrogen (secondary N) is 2. The van der Waals surface area contributed by atoms with Gasteiger partial charge < -0.3 is 5.32 Å². The number of amides is 2. The van der Waals surface area contributed by atoms with Crippen LogP contribution in [0.1, 0.15) is 11.1 Å². The fraction of sp³-hybridized carbons (Fsp3) is 0.278. The van der Waals surface area contributed by atoms with Gasteiger partial charge in [0.2, 0.25) is 0 Å². The molecule has 4 nitrogen and oxygen atoms in total. The molecular weight excluding hydrogens is 306 g/mol. The molecule has 0 bridgehead atoms. The largest absolute Gasteiger partial charge is 0.327 e. The molecule has 2 aromatic rings. The van der Waals surface area contributed by atoms with Gasteiger partial charge in [0.15, 0.2) is 0 Å². The molecule has 23 heavy (non-hydrogen) atoms. The zero-order valence-electron chi connectivity index (χ0n) is 12.8. The van der Waals surface area contributed by atoms with E-state index in [1.165, 1.54) is 22.5 Å². The monoisotopic (exact) mass is 325 g/mol. The number of hydrogen-bond donors (Lipinski definition) is 2. The zero-order chi connectivity index (χ0) is 15.9. The van der Waals surface area contributed by atoms with Crippen molar-refractivity contribution in [1.82, 2.24) is 10.2 Å². The molecule has 0 atom stereocenters. The van der Waals surface area contributed by atoms with Crippen molar-refractivity contribution in [3.8, 4) is 11.8 Å². The second kappa shape index (κ2) is 7.82. The number of carbonyl (C=O) groups is 1. The number of urea groups is 1. The maximum absolute atomic E-state index is 11.6. The van der Waals surface area contributed by atoms with E-state index in [9.17, 15) is 4.79 Å². The molecule has 1 aromatic heterocycles. The van der Waals surface area contributed by atoms with Crippen molar-refractivity contribution in [3.05, 3.63) is 52.9 Å². The Kier molecular flexibility index (Phi) is 5.30. The van der Waals surface area contributed by atoms with Gasteiger partial charge in [0.25, 0.3) is 0 Å². The molecule has 5 heteroatoms. The summed E-state index contributed by atoms with van der Waals surface area (Å²) in [4.78, 5) is 14.0. The number of anilines is 1. The van der Waals surface area contributed by atoms with Crippen LogP contribution in [0.15, 0.2) is 41.8 Å². The number of rotatable bonds is 3. The van der Waals surface area contributed by atoms with E-state index in [4.69, 9.17) is 0 Å². The Bertz CT molecular complexity index is 715. The molecule has 1 aliphatic heterocycles. The van der Waals surface area contributed by atoms with Gasteiger partial charge in [-0.25, -0.2) is 4.79 Å². The molecule has 1 aliphatic rings. The van der Waals surface area contributed by atoms with Crippen LogP contribution >= 0.6 is 11.3 Å². The third kappa shape index (κ3) is 4.59. The fourth-order valence-corrected chi connectivity index (χ4v) is 3.16. The summed E-state index contributed by atoms with van der Waals surface area (Å²) < 4.78 is 0. The topological polar surface area (TPSA) is 44.4 Å². The summed E-state index contributed by atoms with van der Waals surface area (Å²) in [7, 11) is 0. The third-order valence-corrected chi connectivity index (χ3v) is 4.52. The van der Waals surface area contributed by atoms with Crippen molar-refractivity contribution < 1.29 is 4.79 Å². The second-order valence-corrected chi connectivity index (χ2v) is 6.32. The molecule has 0 radical (unpaired) electrons. The highest BCUT2D eigenvalue weighted by atomic mass is 32.1. The van der Waals surface area contributed by atoms with Gasteiger partial charge in [-0.3, -0.25) is 10.2 Å². The van der Waals surface area contributed by atoms with Gasteiger partial charge in [-0.15, -0.1) is 11.3 Å². The Balaban J connectivity index is 1.38. The molecule has 0 fully saturated rings. The number of benzene rings is 1. The third-order valence-electron chi connectivity index (χ3n) is 3.73. The van der Waals surface area contributed by atoms with Crippen molar-refractivity contribution in [2.75, 3.05) is 25.0 Å². The highest BCUT2D eigenvalue weighted by Gasteiger charge is 2.13. The van der Waals surface area contributed by atoms with E-state index in [2.05, 4.69) is 51.6 Å². The lowest BCUT2D eigenvalue weighted by molar-refractivity contribution is 0.253. The van der Waals surface area contributed by atoms with Gasteiger partial charge in [0, 0.05) is 13.1 Å². The predicted octanol–water partition coefficient (Wildman–Crippen LogP) is 2.93. The summed E-state index contributed by atoms with van der Waals surface area (Å²) in [6, 6.07) is 12.1. The number of fused-ring (bicyclic) bond motifs is 1. The Morgan fingerprint density at radius 3 is 2.87 bits per heavy atom. The van der Waals surface area contributed by atoms with Gasteiger partial charge in [-0.1, -0.05) is 36.1 Å². The second-order valence-electron chi connectivity index (χ2n) is 5.37. The molecule has 2 heterocycles. The van der Waals surface area contributed by atoms with Crippen molar-refractivity contribution in [1.29, 1.82) is 0 Å². The fourth-order valence-electron chi connectivity index (χ4n) is 2.55. The zero-order valence-corrected chi connectivity index (χ0v) is 13.7. The van der Waals surface area contributed by atoms with Crippen LogP contribution in [-0.2, 0) is 13.0 Å². The minimum atomic E-state index is -0.214. The maximum atomic E-state index is 11.6. The van der Waals surface area contributed by atoms with E-state index in [-0.39, 0.29) is 6.03 Å². The summed E-state index contributed by atoms with van der Waals surface area (Å²) in [5.41, 5.74) is 2.85. The highest BCUT2D eigenvalue weighted by molar-refractivity contribution is 7.14. The first-order valence-corrected chi connectivity index (χ1v) is 8.52. The van der Waals surface area contributed by atoms with Crippen molar-refractivity contribution in [3.63, 3.8) is 0 Å². The lowest BCUT2D eigenvalue weighted by Crippen LogP contribution is -2.31. The van der Waals surface area contributed by atoms with Crippen molar-refractivity contribution in [2.24, 2.45) is 0 Å². The Labute approximate surface area is 140 Å². The summed E-state index contributed by atoms with van der Waals surface area (Å²) in [5.74, 6) is 6.14. The van der Waals surface area contributed by atoms with E-state index < -0.39 is 0 Å². The average Bonchev–Trinajstić information content (AvgIpc) is 3.07. The van der Waals surface area contributed by atoms with E-state index in [1.807, 2.05) is 17.5 Å². The molecule has 118 valence electrons. The standard InChI is InChI=1S/C18H19N3OS/c22-18(20-17-8-5-13-23-17)19-10-3-4-11-21-12-9-15-6-1-2-7-16(15)14-21/h1-2,5-8,13H,9-12,14H2,(H2,19,20,22). The molecule has 0 saturated heterocycles. The SMILES string of the molecule is O=C(NCC#CCN1CCc2ccccc2C1)Nc1cccs1. The van der Waals surface area contributed by atoms with Gasteiger partial charge in [0.05, 0.1) is 18.1 Å². The van der Waals surface area contributed by atoms with Crippen LogP contribution in [0.5, 0.6) is 0 Å². The smallest absolute Gasteiger partial charge is 0.320 e. The van der Waals surface area contributed by atoms with E-state index in [0.717, 1.165) is 31.1 Å². The average molecular weight is 325 g/mol. The van der Waals surface area contributed by atoms with Crippen LogP contribution < -0.4 is 10.6 Å². The first-order chi connectivity index (χ1) is 11.3. The lowest BCUT2D eigenvalue weighted by Gasteiger charge is -2.26. The van der Waals surface area contributed by atoms with Crippen molar-refractivity contribution in [2.45, 2.75) is 13.0 Å². The summed E-state index contributed by atoms with van der Waals surface area (Å²) >= 11 is 1.49. The Hall–Kier alpha value is -2.29. The molecule has 2 amide bonds. The molecule has 0 aliphatic carbocycles. The quantitative estimate of drug-likeness (QED) is 0.852. The normalized spacial score (nSPS) is 13.6. The van der Waals surface area contributed by atoms with Crippen LogP contribution in [0, 0.1) is 11.8 Å². The van der Waals surface area contributed by atoms with Crippen LogP contribution in [0.25, 0.3) is 0 Å². The first-order valence-electron chi connectivity index (χ1n) is 7.64. The molecule has 0 spiro atoms. The first kappa shape index (κ1) is 15.6. The molecule has 1 aromatic carbocycles. The molecule has 0 unspecified atom stereocenters. The number of thiophene rings is 1. The number of carbonyl (C=O) groups excluding carboxylic acids is 1. The molecule has 3 rings (SSSR count). The van der Waals surface area contributed by atoms with Crippen LogP contribution in [0.2, 0.25) is 0 Å². The van der Waals surface area contributed by atoms with Crippen LogP contribution in [0.3, 0.4) is 0 Å². The molecule has 2 N–H and O–H groups in total. The summed E-state index contributed by atoms with van der Waals surface area (Å²) in [6.45, 7) is 3.10. The van der Waals surface area contributed by atoms with Gasteiger partial charge >= 0.3 is 6.03 Å². The number of hydrogen-bond acceptors (Lipinski definition) is 3. The van der Waals surface area contributed by atoms with Gasteiger partial charge in [-0.05, 0) is 35.1 Å². The Morgan fingerprint density at radius 1 is 1.17 bits per heavy atom. The van der Waals surface area contributed by atoms with Gasteiger partial charge in [-0.2, -0.15) is 0 Å². The van der Waals surface area contributed by atoms with Crippen LogP contribution in [-0.4, -0.2) is 30.6 Å². The van der Waals surface area contributed by atoms with E-state index >= 15 is 0 Å². The highest BCUT2D eigenvalue weighted by Crippen LogP contribution is 2.17. The minimum absolute atomic E-state index is 0.214. The molecule has 0 saturated carbocycles. The van der Waals surface area contributed by atoms with E-state index in [0.29, 0.717) is 6.54 Å². The van der Waals surface area contributed by atoms with E-state index in [1.54, 1.807) is 0 Å². The lowest BCUT2D eigenvalue weighted by atomic mass is 10.0. The summed E-state index contributed by atoms with van der Waals surface area (Å²) in [6.07, 6.45) is 1.08. The van der Waals surface area contributed by atoms with Crippen LogP contribution in [0.4, 0.5) is 9.80 Å².